The topological polar surface area (TPSA) is 96.4 Å². The first kappa shape index (κ1) is 21.9. The van der Waals surface area contributed by atoms with Crippen molar-refractivity contribution in [1.29, 1.82) is 0 Å². The molecule has 7 nitrogen and oxygen atoms in total. The summed E-state index contributed by atoms with van der Waals surface area (Å²) < 4.78 is 5.77. The minimum atomic E-state index is -0.892. The Morgan fingerprint density at radius 1 is 1.19 bits per heavy atom. The predicted octanol–water partition coefficient (Wildman–Crippen LogP) is 4.74. The number of pyridine rings is 2. The summed E-state index contributed by atoms with van der Waals surface area (Å²) >= 11 is 5.94. The molecule has 8 heteroatoms. The van der Waals surface area contributed by atoms with Crippen LogP contribution in [0.1, 0.15) is 35.7 Å². The number of halogens is 1. The number of anilines is 2. The third-order valence-electron chi connectivity index (χ3n) is 5.29. The van der Waals surface area contributed by atoms with Crippen molar-refractivity contribution in [3.05, 3.63) is 76.6 Å². The van der Waals surface area contributed by atoms with Crippen LogP contribution in [0, 0.1) is 0 Å². The van der Waals surface area contributed by atoms with Crippen LogP contribution in [0.4, 0.5) is 11.5 Å². The zero-order valence-electron chi connectivity index (χ0n) is 17.6. The van der Waals surface area contributed by atoms with E-state index in [0.717, 1.165) is 36.5 Å². The number of aryl methyl sites for hydroxylation is 1. The fourth-order valence-corrected chi connectivity index (χ4v) is 3.77. The third kappa shape index (κ3) is 5.88. The highest BCUT2D eigenvalue weighted by Gasteiger charge is 2.16. The van der Waals surface area contributed by atoms with E-state index in [1.807, 2.05) is 18.2 Å². The molecule has 4 rings (SSSR count). The Morgan fingerprint density at radius 2 is 2.03 bits per heavy atom. The second kappa shape index (κ2) is 10.3. The van der Waals surface area contributed by atoms with Crippen molar-refractivity contribution in [3.8, 4) is 5.88 Å². The summed E-state index contributed by atoms with van der Waals surface area (Å²) in [5, 5.41) is 16.4. The number of benzene rings is 1. The molecule has 3 N–H and O–H groups in total. The zero-order chi connectivity index (χ0) is 22.3. The number of aliphatic carboxylic acids is 1. The summed E-state index contributed by atoms with van der Waals surface area (Å²) in [5.74, 6) is 0.600. The van der Waals surface area contributed by atoms with Crippen molar-refractivity contribution < 1.29 is 14.6 Å². The van der Waals surface area contributed by atoms with Crippen LogP contribution in [0.25, 0.3) is 0 Å². The normalized spacial score (nSPS) is 13.5. The Kier molecular flexibility index (Phi) is 7.07. The predicted molar refractivity (Wildman–Crippen MR) is 125 cm³/mol. The maximum absolute atomic E-state index is 11.3. The van der Waals surface area contributed by atoms with Gasteiger partial charge in [-0.1, -0.05) is 29.8 Å². The molecule has 0 fully saturated rings. The number of carboxylic acid groups (broad SMARTS) is 1. The first-order valence-corrected chi connectivity index (χ1v) is 11.0. The monoisotopic (exact) mass is 452 g/mol. The fraction of sp³-hybridized carbons (Fsp3) is 0.292. The number of hydrogen-bond donors (Lipinski definition) is 3. The van der Waals surface area contributed by atoms with Crippen LogP contribution < -0.4 is 15.4 Å². The molecule has 1 aliphatic heterocycles. The van der Waals surface area contributed by atoms with Gasteiger partial charge in [0, 0.05) is 29.7 Å². The molecule has 0 bridgehead atoms. The minimum absolute atomic E-state index is 0.0669. The van der Waals surface area contributed by atoms with Crippen LogP contribution >= 0.6 is 11.6 Å². The van der Waals surface area contributed by atoms with Gasteiger partial charge in [0.25, 0.3) is 0 Å². The Morgan fingerprint density at radius 3 is 2.78 bits per heavy atom. The van der Waals surface area contributed by atoms with Gasteiger partial charge in [0.05, 0.1) is 31.0 Å². The van der Waals surface area contributed by atoms with Crippen LogP contribution in [0.5, 0.6) is 5.88 Å². The smallest absolute Gasteiger partial charge is 0.305 e. The molecule has 1 atom stereocenters. The van der Waals surface area contributed by atoms with Crippen LogP contribution in [0.3, 0.4) is 0 Å². The molecule has 2 aromatic heterocycles. The molecule has 1 unspecified atom stereocenters. The minimum Gasteiger partial charge on any atom is -0.481 e. The van der Waals surface area contributed by atoms with Gasteiger partial charge in [-0.25, -0.2) is 9.97 Å². The lowest BCUT2D eigenvalue weighted by molar-refractivity contribution is -0.137. The molecule has 1 aromatic carbocycles. The van der Waals surface area contributed by atoms with E-state index >= 15 is 0 Å². The number of carboxylic acids is 1. The SMILES string of the molecule is O=C(O)CC(Nc1ccc(OCCc2ccc3c(n2)NCCC3)nc1)c1ccc(Cl)cc1. The quantitative estimate of drug-likeness (QED) is 0.431. The van der Waals surface area contributed by atoms with Gasteiger partial charge in [-0.15, -0.1) is 0 Å². The Balaban J connectivity index is 1.32. The summed E-state index contributed by atoms with van der Waals surface area (Å²) in [6, 6.07) is 14.5. The average molecular weight is 453 g/mol. The van der Waals surface area contributed by atoms with Crippen molar-refractivity contribution in [2.75, 3.05) is 23.8 Å². The van der Waals surface area contributed by atoms with E-state index < -0.39 is 12.0 Å². The summed E-state index contributed by atoms with van der Waals surface area (Å²) in [4.78, 5) is 20.3. The molecule has 32 heavy (non-hydrogen) atoms. The standard InChI is InChI=1S/C24H25ClN4O3/c25-18-6-3-16(4-7-18)21(14-23(30)31)28-20-9-10-22(27-15-20)32-13-11-19-8-5-17-2-1-12-26-24(17)29-19/h3-10,15,21,28H,1-2,11-14H2,(H,26,29)(H,30,31). The molecule has 0 saturated carbocycles. The molecule has 0 saturated heterocycles. The lowest BCUT2D eigenvalue weighted by atomic mass is 10.0. The van der Waals surface area contributed by atoms with Gasteiger partial charge in [-0.2, -0.15) is 0 Å². The number of nitrogens with one attached hydrogen (secondary N) is 2. The van der Waals surface area contributed by atoms with E-state index in [9.17, 15) is 9.90 Å². The molecule has 1 aliphatic rings. The van der Waals surface area contributed by atoms with E-state index in [0.29, 0.717) is 29.6 Å². The first-order chi connectivity index (χ1) is 15.6. The second-order valence-electron chi connectivity index (χ2n) is 7.67. The summed E-state index contributed by atoms with van der Waals surface area (Å²) in [5.41, 5.74) is 3.80. The Bertz CT molecular complexity index is 1060. The number of carbonyl (C=O) groups is 1. The van der Waals surface area contributed by atoms with Crippen molar-refractivity contribution in [3.63, 3.8) is 0 Å². The molecule has 166 valence electrons. The number of aromatic nitrogens is 2. The van der Waals surface area contributed by atoms with E-state index in [4.69, 9.17) is 16.3 Å². The molecule has 0 radical (unpaired) electrons. The largest absolute Gasteiger partial charge is 0.481 e. The second-order valence-corrected chi connectivity index (χ2v) is 8.11. The molecule has 3 aromatic rings. The molecular formula is C24H25ClN4O3. The maximum atomic E-state index is 11.3. The summed E-state index contributed by atoms with van der Waals surface area (Å²) in [6.07, 6.45) is 4.48. The van der Waals surface area contributed by atoms with Crippen molar-refractivity contribution in [1.82, 2.24) is 9.97 Å². The van der Waals surface area contributed by atoms with E-state index in [1.165, 1.54) is 5.56 Å². The van der Waals surface area contributed by atoms with Gasteiger partial charge < -0.3 is 20.5 Å². The highest BCUT2D eigenvalue weighted by atomic mass is 35.5. The Labute approximate surface area is 191 Å². The Hall–Kier alpha value is -3.32. The van der Waals surface area contributed by atoms with Gasteiger partial charge >= 0.3 is 5.97 Å². The van der Waals surface area contributed by atoms with Gasteiger partial charge in [0.2, 0.25) is 5.88 Å². The highest BCUT2D eigenvalue weighted by Crippen LogP contribution is 2.25. The third-order valence-corrected chi connectivity index (χ3v) is 5.54. The fourth-order valence-electron chi connectivity index (χ4n) is 3.64. The van der Waals surface area contributed by atoms with Crippen molar-refractivity contribution in [2.45, 2.75) is 31.7 Å². The van der Waals surface area contributed by atoms with E-state index in [2.05, 4.69) is 32.7 Å². The molecular weight excluding hydrogens is 428 g/mol. The lowest BCUT2D eigenvalue weighted by Crippen LogP contribution is -2.15. The first-order valence-electron chi connectivity index (χ1n) is 10.6. The summed E-state index contributed by atoms with van der Waals surface area (Å²) in [6.45, 7) is 1.44. The molecule has 0 aliphatic carbocycles. The van der Waals surface area contributed by atoms with E-state index in [1.54, 1.807) is 24.4 Å². The van der Waals surface area contributed by atoms with Gasteiger partial charge in [-0.05, 0) is 48.2 Å². The van der Waals surface area contributed by atoms with Gasteiger partial charge in [0.1, 0.15) is 5.82 Å². The average Bonchev–Trinajstić information content (AvgIpc) is 2.80. The van der Waals surface area contributed by atoms with Crippen LogP contribution in [-0.2, 0) is 17.6 Å². The molecule has 0 amide bonds. The van der Waals surface area contributed by atoms with Gasteiger partial charge in [-0.3, -0.25) is 4.79 Å². The highest BCUT2D eigenvalue weighted by molar-refractivity contribution is 6.30. The maximum Gasteiger partial charge on any atom is 0.305 e. The van der Waals surface area contributed by atoms with E-state index in [-0.39, 0.29) is 6.42 Å². The van der Waals surface area contributed by atoms with Crippen molar-refractivity contribution >= 4 is 29.1 Å². The zero-order valence-corrected chi connectivity index (χ0v) is 18.3. The number of nitrogens with zero attached hydrogens (tertiary/aromatic N) is 2. The van der Waals surface area contributed by atoms with Crippen molar-refractivity contribution in [2.24, 2.45) is 0 Å². The number of ether oxygens (including phenoxy) is 1. The lowest BCUT2D eigenvalue weighted by Gasteiger charge is -2.19. The summed E-state index contributed by atoms with van der Waals surface area (Å²) in [7, 11) is 0. The van der Waals surface area contributed by atoms with Crippen LogP contribution in [0.2, 0.25) is 5.02 Å². The van der Waals surface area contributed by atoms with Crippen LogP contribution in [-0.4, -0.2) is 34.2 Å². The van der Waals surface area contributed by atoms with Crippen LogP contribution in [0.15, 0.2) is 54.7 Å². The number of rotatable bonds is 9. The van der Waals surface area contributed by atoms with Gasteiger partial charge in [0.15, 0.2) is 0 Å². The molecule has 0 spiro atoms. The molecule has 3 heterocycles. The number of hydrogen-bond acceptors (Lipinski definition) is 6. The number of fused-ring (bicyclic) bond motifs is 1.